The number of pyridine rings is 1. The summed E-state index contributed by atoms with van der Waals surface area (Å²) in [4.78, 5) is 4.28. The Morgan fingerprint density at radius 1 is 1.00 bits per heavy atom. The number of hydrogen-bond donors (Lipinski definition) is 3. The summed E-state index contributed by atoms with van der Waals surface area (Å²) in [6.45, 7) is 0. The summed E-state index contributed by atoms with van der Waals surface area (Å²) in [5, 5.41) is 29.1. The summed E-state index contributed by atoms with van der Waals surface area (Å²) in [7, 11) is 0. The highest BCUT2D eigenvalue weighted by atomic mass is 32.2. The number of benzene rings is 1. The fourth-order valence-corrected chi connectivity index (χ4v) is 3.38. The average Bonchev–Trinajstić information content (AvgIpc) is 2.57. The highest BCUT2D eigenvalue weighted by molar-refractivity contribution is 7.99. The highest BCUT2D eigenvalue weighted by Gasteiger charge is 2.38. The molecule has 3 N–H and O–H groups in total. The van der Waals surface area contributed by atoms with Crippen LogP contribution in [0.4, 0.5) is 0 Å². The largest absolute Gasteiger partial charge is 0.477 e. The van der Waals surface area contributed by atoms with E-state index < -0.39 is 23.7 Å². The molecule has 1 aromatic heterocycles. The van der Waals surface area contributed by atoms with Gasteiger partial charge in [0.15, 0.2) is 5.44 Å². The van der Waals surface area contributed by atoms with E-state index in [-0.39, 0.29) is 0 Å². The van der Waals surface area contributed by atoms with Crippen LogP contribution in [-0.2, 0) is 0 Å². The molecule has 116 valence electrons. The van der Waals surface area contributed by atoms with E-state index in [4.69, 9.17) is 4.74 Å². The van der Waals surface area contributed by atoms with Gasteiger partial charge in [-0.05, 0) is 36.4 Å². The standard InChI is InChI=1S/C16H17NO4S/c18-13-9-22-16(15(20)14(13)19)21-11-6-4-10(5-7-11)12-3-1-2-8-17-12/h1-8,13-16,18-20H,9H2/t13-,14+,15-,16+/m1/s1. The SMILES string of the molecule is O[C@@H]1[C@@H](O)[C@@H](Oc2ccc(-c3ccccn3)cc2)SC[C@H]1O. The Morgan fingerprint density at radius 2 is 1.77 bits per heavy atom. The number of rotatable bonds is 3. The summed E-state index contributed by atoms with van der Waals surface area (Å²) < 4.78 is 5.70. The molecule has 1 aromatic carbocycles. The van der Waals surface area contributed by atoms with Crippen LogP contribution in [0.2, 0.25) is 0 Å². The van der Waals surface area contributed by atoms with Gasteiger partial charge in [0.25, 0.3) is 0 Å². The number of aromatic nitrogens is 1. The Labute approximate surface area is 132 Å². The number of aliphatic hydroxyl groups is 3. The second-order valence-corrected chi connectivity index (χ2v) is 6.24. The molecular formula is C16H17NO4S. The van der Waals surface area contributed by atoms with Crippen LogP contribution in [0.3, 0.4) is 0 Å². The molecule has 4 atom stereocenters. The van der Waals surface area contributed by atoms with Crippen molar-refractivity contribution >= 4 is 11.8 Å². The van der Waals surface area contributed by atoms with Crippen LogP contribution < -0.4 is 4.74 Å². The Bertz CT molecular complexity index is 607. The second kappa shape index (κ2) is 6.66. The first-order valence-electron chi connectivity index (χ1n) is 6.99. The molecule has 2 aromatic rings. The lowest BCUT2D eigenvalue weighted by molar-refractivity contribution is -0.0786. The molecule has 2 heterocycles. The van der Waals surface area contributed by atoms with Gasteiger partial charge < -0.3 is 20.1 Å². The van der Waals surface area contributed by atoms with Gasteiger partial charge in [-0.15, -0.1) is 11.8 Å². The van der Waals surface area contributed by atoms with Gasteiger partial charge in [-0.3, -0.25) is 4.98 Å². The first kappa shape index (κ1) is 15.3. The Balaban J connectivity index is 1.69. The van der Waals surface area contributed by atoms with Crippen molar-refractivity contribution in [3.05, 3.63) is 48.7 Å². The molecule has 3 rings (SSSR count). The Hall–Kier alpha value is -1.60. The van der Waals surface area contributed by atoms with Gasteiger partial charge in [0.1, 0.15) is 18.0 Å². The quantitative estimate of drug-likeness (QED) is 0.791. The van der Waals surface area contributed by atoms with Crippen LogP contribution in [0.15, 0.2) is 48.7 Å². The van der Waals surface area contributed by atoms with E-state index in [2.05, 4.69) is 4.98 Å². The summed E-state index contributed by atoms with van der Waals surface area (Å²) in [5.41, 5.74) is 1.25. The molecule has 1 saturated heterocycles. The topological polar surface area (TPSA) is 82.8 Å². The summed E-state index contributed by atoms with van der Waals surface area (Å²) in [6.07, 6.45) is -1.49. The first-order chi connectivity index (χ1) is 10.6. The molecule has 6 heteroatoms. The highest BCUT2D eigenvalue weighted by Crippen LogP contribution is 2.30. The molecule has 0 bridgehead atoms. The number of thioether (sulfide) groups is 1. The van der Waals surface area contributed by atoms with Crippen molar-refractivity contribution in [1.82, 2.24) is 4.98 Å². The maximum atomic E-state index is 9.94. The van der Waals surface area contributed by atoms with E-state index in [0.29, 0.717) is 11.5 Å². The van der Waals surface area contributed by atoms with Gasteiger partial charge in [-0.2, -0.15) is 0 Å². The van der Waals surface area contributed by atoms with Crippen LogP contribution in [0.5, 0.6) is 5.75 Å². The van der Waals surface area contributed by atoms with Gasteiger partial charge in [-0.1, -0.05) is 6.07 Å². The van der Waals surface area contributed by atoms with Gasteiger partial charge in [0.05, 0.1) is 11.8 Å². The number of hydrogen-bond acceptors (Lipinski definition) is 6. The summed E-state index contributed by atoms with van der Waals surface area (Å²) >= 11 is 1.28. The van der Waals surface area contributed by atoms with Crippen molar-refractivity contribution in [2.24, 2.45) is 0 Å². The minimum absolute atomic E-state index is 0.328. The van der Waals surface area contributed by atoms with Gasteiger partial charge in [-0.25, -0.2) is 0 Å². The third-order valence-electron chi connectivity index (χ3n) is 3.52. The summed E-state index contributed by atoms with van der Waals surface area (Å²) in [6, 6.07) is 13.1. The van der Waals surface area contributed by atoms with Crippen LogP contribution in [0.25, 0.3) is 11.3 Å². The molecule has 1 aliphatic heterocycles. The molecule has 5 nitrogen and oxygen atoms in total. The predicted molar refractivity (Wildman–Crippen MR) is 84.6 cm³/mol. The Morgan fingerprint density at radius 3 is 2.45 bits per heavy atom. The van der Waals surface area contributed by atoms with Gasteiger partial charge >= 0.3 is 0 Å². The van der Waals surface area contributed by atoms with Crippen LogP contribution in [0.1, 0.15) is 0 Å². The van der Waals surface area contributed by atoms with E-state index in [1.54, 1.807) is 18.3 Å². The number of nitrogens with zero attached hydrogens (tertiary/aromatic N) is 1. The van der Waals surface area contributed by atoms with E-state index in [1.807, 2.05) is 30.3 Å². The first-order valence-corrected chi connectivity index (χ1v) is 8.04. The summed E-state index contributed by atoms with van der Waals surface area (Å²) in [5.74, 6) is 0.925. The molecule has 0 saturated carbocycles. The van der Waals surface area contributed by atoms with Crippen molar-refractivity contribution in [1.29, 1.82) is 0 Å². The smallest absolute Gasteiger partial charge is 0.173 e. The zero-order chi connectivity index (χ0) is 15.5. The van der Waals surface area contributed by atoms with Crippen molar-refractivity contribution < 1.29 is 20.1 Å². The lowest BCUT2D eigenvalue weighted by Crippen LogP contribution is -2.50. The fourth-order valence-electron chi connectivity index (χ4n) is 2.25. The maximum absolute atomic E-state index is 9.94. The molecule has 1 fully saturated rings. The monoisotopic (exact) mass is 319 g/mol. The normalized spacial score (nSPS) is 28.3. The van der Waals surface area contributed by atoms with Gasteiger partial charge in [0, 0.05) is 17.5 Å². The van der Waals surface area contributed by atoms with Crippen LogP contribution in [0, 0.1) is 0 Å². The van der Waals surface area contributed by atoms with Gasteiger partial charge in [0.2, 0.25) is 0 Å². The van der Waals surface area contributed by atoms with Crippen LogP contribution in [-0.4, -0.2) is 49.8 Å². The lowest BCUT2D eigenvalue weighted by atomic mass is 10.1. The number of ether oxygens (including phenoxy) is 1. The molecule has 0 unspecified atom stereocenters. The van der Waals surface area contributed by atoms with Crippen molar-refractivity contribution in [3.63, 3.8) is 0 Å². The Kier molecular flexibility index (Phi) is 4.63. The molecule has 22 heavy (non-hydrogen) atoms. The lowest BCUT2D eigenvalue weighted by Gasteiger charge is -2.34. The van der Waals surface area contributed by atoms with E-state index in [1.165, 1.54) is 11.8 Å². The minimum atomic E-state index is -1.18. The third kappa shape index (κ3) is 3.25. The van der Waals surface area contributed by atoms with Crippen molar-refractivity contribution in [2.75, 3.05) is 5.75 Å². The molecule has 0 amide bonds. The second-order valence-electron chi connectivity index (χ2n) is 5.11. The zero-order valence-electron chi connectivity index (χ0n) is 11.7. The van der Waals surface area contributed by atoms with E-state index in [0.717, 1.165) is 11.3 Å². The minimum Gasteiger partial charge on any atom is -0.477 e. The third-order valence-corrected chi connectivity index (χ3v) is 4.76. The number of aliphatic hydroxyl groups excluding tert-OH is 3. The molecule has 0 aliphatic carbocycles. The maximum Gasteiger partial charge on any atom is 0.173 e. The van der Waals surface area contributed by atoms with Crippen molar-refractivity contribution in [2.45, 2.75) is 23.7 Å². The fraction of sp³-hybridized carbons (Fsp3) is 0.312. The van der Waals surface area contributed by atoms with E-state index in [9.17, 15) is 15.3 Å². The molecule has 1 aliphatic rings. The van der Waals surface area contributed by atoms with Crippen molar-refractivity contribution in [3.8, 4) is 17.0 Å². The molecule has 0 spiro atoms. The predicted octanol–water partition coefficient (Wildman–Crippen LogP) is 1.28. The van der Waals surface area contributed by atoms with Crippen LogP contribution >= 0.6 is 11.8 Å². The average molecular weight is 319 g/mol. The molecular weight excluding hydrogens is 302 g/mol. The molecule has 0 radical (unpaired) electrons. The van der Waals surface area contributed by atoms with E-state index >= 15 is 0 Å². The zero-order valence-corrected chi connectivity index (χ0v) is 12.6.